The van der Waals surface area contributed by atoms with Crippen LogP contribution in [0.4, 0.5) is 0 Å². The van der Waals surface area contributed by atoms with E-state index in [2.05, 4.69) is 39.5 Å². The molecule has 0 aliphatic carbocycles. The van der Waals surface area contributed by atoms with Gasteiger partial charge in [0.1, 0.15) is 0 Å². The topological polar surface area (TPSA) is 0 Å². The Kier molecular flexibility index (Phi) is 6.84. The smallest absolute Gasteiger partial charge is 0.0234 e. The third-order valence-electron chi connectivity index (χ3n) is 2.29. The van der Waals surface area contributed by atoms with E-state index in [4.69, 9.17) is 0 Å². The van der Waals surface area contributed by atoms with Crippen LogP contribution in [0, 0.1) is 5.92 Å². The molecule has 0 aliphatic heterocycles. The van der Waals surface area contributed by atoms with Crippen LogP contribution in [-0.4, -0.2) is 0 Å². The largest absolute Gasteiger partial charge is 0.0996 e. The van der Waals surface area contributed by atoms with Gasteiger partial charge in [-0.1, -0.05) is 44.6 Å². The Bertz CT molecular complexity index is 142. The van der Waals surface area contributed by atoms with Gasteiger partial charge in [0.2, 0.25) is 0 Å². The molecule has 0 aromatic carbocycles. The molecule has 0 fully saturated rings. The van der Waals surface area contributed by atoms with Crippen LogP contribution in [0.5, 0.6) is 0 Å². The Hall–Kier alpha value is -0.520. The summed E-state index contributed by atoms with van der Waals surface area (Å²) in [5, 5.41) is 0. The highest BCUT2D eigenvalue weighted by Gasteiger charge is 2.03. The zero-order chi connectivity index (χ0) is 9.40. The van der Waals surface area contributed by atoms with Crippen LogP contribution in [0.1, 0.15) is 46.5 Å². The summed E-state index contributed by atoms with van der Waals surface area (Å²) in [7, 11) is 0. The Labute approximate surface area is 77.4 Å². The summed E-state index contributed by atoms with van der Waals surface area (Å²) in [6.45, 7) is 10.7. The van der Waals surface area contributed by atoms with E-state index in [1.165, 1.54) is 18.4 Å². The lowest BCUT2D eigenvalue weighted by molar-refractivity contribution is 0.582. The summed E-state index contributed by atoms with van der Waals surface area (Å²) in [6.07, 6.45) is 9.19. The minimum atomic E-state index is 0.709. The Morgan fingerprint density at radius 1 is 1.50 bits per heavy atom. The molecular formula is C12H22. The quantitative estimate of drug-likeness (QED) is 0.515. The van der Waals surface area contributed by atoms with Crippen molar-refractivity contribution in [2.24, 2.45) is 5.92 Å². The molecule has 0 rings (SSSR count). The number of allylic oxidation sites excluding steroid dienone is 3. The third-order valence-corrected chi connectivity index (χ3v) is 2.29. The van der Waals surface area contributed by atoms with Crippen LogP contribution in [-0.2, 0) is 0 Å². The molecule has 0 spiro atoms. The molecule has 0 aromatic heterocycles. The van der Waals surface area contributed by atoms with E-state index in [1.807, 2.05) is 0 Å². The van der Waals surface area contributed by atoms with E-state index in [-0.39, 0.29) is 0 Å². The van der Waals surface area contributed by atoms with Gasteiger partial charge in [0, 0.05) is 0 Å². The maximum Gasteiger partial charge on any atom is -0.0234 e. The average molecular weight is 166 g/mol. The van der Waals surface area contributed by atoms with Crippen molar-refractivity contribution in [3.8, 4) is 0 Å². The van der Waals surface area contributed by atoms with Gasteiger partial charge in [-0.25, -0.2) is 0 Å². The molecule has 0 heteroatoms. The molecule has 0 nitrogen and oxygen atoms in total. The van der Waals surface area contributed by atoms with Gasteiger partial charge >= 0.3 is 0 Å². The van der Waals surface area contributed by atoms with Gasteiger partial charge in [0.15, 0.2) is 0 Å². The van der Waals surface area contributed by atoms with Crippen molar-refractivity contribution in [2.75, 3.05) is 0 Å². The second-order valence-corrected chi connectivity index (χ2v) is 3.46. The summed E-state index contributed by atoms with van der Waals surface area (Å²) in [4.78, 5) is 0. The third kappa shape index (κ3) is 5.17. The predicted molar refractivity (Wildman–Crippen MR) is 57.3 cm³/mol. The van der Waals surface area contributed by atoms with Crippen molar-refractivity contribution in [3.63, 3.8) is 0 Å². The van der Waals surface area contributed by atoms with E-state index in [0.29, 0.717) is 5.92 Å². The van der Waals surface area contributed by atoms with Crippen molar-refractivity contribution in [1.82, 2.24) is 0 Å². The molecule has 0 heterocycles. The molecule has 0 aromatic rings. The summed E-state index contributed by atoms with van der Waals surface area (Å²) < 4.78 is 0. The maximum atomic E-state index is 4.11. The van der Waals surface area contributed by atoms with Crippen LogP contribution in [0.3, 0.4) is 0 Å². The highest BCUT2D eigenvalue weighted by atomic mass is 14.1. The second kappa shape index (κ2) is 7.15. The van der Waals surface area contributed by atoms with E-state index >= 15 is 0 Å². The van der Waals surface area contributed by atoms with Crippen molar-refractivity contribution in [2.45, 2.75) is 46.5 Å². The van der Waals surface area contributed by atoms with E-state index in [9.17, 15) is 0 Å². The Morgan fingerprint density at radius 2 is 2.17 bits per heavy atom. The van der Waals surface area contributed by atoms with Crippen LogP contribution in [0.2, 0.25) is 0 Å². The lowest BCUT2D eigenvalue weighted by Crippen LogP contribution is -1.97. The Balaban J connectivity index is 3.56. The molecule has 0 radical (unpaired) electrons. The molecule has 1 atom stereocenters. The first kappa shape index (κ1) is 11.5. The zero-order valence-corrected chi connectivity index (χ0v) is 8.77. The number of rotatable bonds is 6. The normalized spacial score (nSPS) is 13.6. The van der Waals surface area contributed by atoms with Crippen molar-refractivity contribution < 1.29 is 0 Å². The van der Waals surface area contributed by atoms with Crippen LogP contribution < -0.4 is 0 Å². The predicted octanol–water partition coefficient (Wildman–Crippen LogP) is 4.34. The molecule has 0 amide bonds. The fraction of sp³-hybridized carbons (Fsp3) is 0.667. The first-order valence-corrected chi connectivity index (χ1v) is 5.01. The van der Waals surface area contributed by atoms with Gasteiger partial charge < -0.3 is 0 Å². The lowest BCUT2D eigenvalue weighted by atomic mass is 9.94. The molecule has 12 heavy (non-hydrogen) atoms. The molecule has 70 valence electrons. The van der Waals surface area contributed by atoms with E-state index in [1.54, 1.807) is 0 Å². The highest BCUT2D eigenvalue weighted by molar-refractivity contribution is 5.00. The van der Waals surface area contributed by atoms with E-state index < -0.39 is 0 Å². The summed E-state index contributed by atoms with van der Waals surface area (Å²) in [6, 6.07) is 0. The number of hydrogen-bond acceptors (Lipinski definition) is 0. The van der Waals surface area contributed by atoms with Crippen LogP contribution >= 0.6 is 0 Å². The maximum absolute atomic E-state index is 4.11. The molecule has 0 bridgehead atoms. The van der Waals surface area contributed by atoms with Crippen LogP contribution in [0.25, 0.3) is 0 Å². The monoisotopic (exact) mass is 166 g/mol. The van der Waals surface area contributed by atoms with Gasteiger partial charge in [0.05, 0.1) is 0 Å². The number of hydrogen-bond donors (Lipinski definition) is 0. The summed E-state index contributed by atoms with van der Waals surface area (Å²) in [5.41, 5.74) is 1.41. The Morgan fingerprint density at radius 3 is 2.67 bits per heavy atom. The molecule has 0 aliphatic rings. The van der Waals surface area contributed by atoms with Crippen molar-refractivity contribution in [3.05, 3.63) is 24.3 Å². The minimum Gasteiger partial charge on any atom is -0.0996 e. The molecule has 0 saturated carbocycles. The van der Waals surface area contributed by atoms with Gasteiger partial charge in [-0.3, -0.25) is 0 Å². The first-order valence-electron chi connectivity index (χ1n) is 5.01. The summed E-state index contributed by atoms with van der Waals surface area (Å²) in [5.74, 6) is 0.709. The molecular weight excluding hydrogens is 144 g/mol. The van der Waals surface area contributed by atoms with Crippen molar-refractivity contribution >= 4 is 0 Å². The highest BCUT2D eigenvalue weighted by Crippen LogP contribution is 2.19. The average Bonchev–Trinajstić information content (AvgIpc) is 2.05. The fourth-order valence-electron chi connectivity index (χ4n) is 1.32. The van der Waals surface area contributed by atoms with Gasteiger partial charge in [0.25, 0.3) is 0 Å². The van der Waals surface area contributed by atoms with E-state index in [0.717, 1.165) is 12.8 Å². The fourth-order valence-corrected chi connectivity index (χ4v) is 1.32. The zero-order valence-electron chi connectivity index (χ0n) is 8.77. The molecule has 0 N–H and O–H groups in total. The van der Waals surface area contributed by atoms with Gasteiger partial charge in [-0.2, -0.15) is 0 Å². The van der Waals surface area contributed by atoms with Crippen LogP contribution in [0.15, 0.2) is 24.3 Å². The van der Waals surface area contributed by atoms with Crippen molar-refractivity contribution in [1.29, 1.82) is 0 Å². The molecule has 1 unspecified atom stereocenters. The van der Waals surface area contributed by atoms with Gasteiger partial charge in [-0.15, -0.1) is 0 Å². The molecule has 0 saturated heterocycles. The minimum absolute atomic E-state index is 0.709. The SMILES string of the molecule is C=C(CC/C=C\C)C(C)CCC. The second-order valence-electron chi connectivity index (χ2n) is 3.46. The summed E-state index contributed by atoms with van der Waals surface area (Å²) >= 11 is 0. The standard InChI is InChI=1S/C12H22/c1-5-7-8-10-12(4)11(3)9-6-2/h5,7,11H,4,6,8-10H2,1-3H3/b7-5-. The lowest BCUT2D eigenvalue weighted by Gasteiger charge is -2.12. The van der Waals surface area contributed by atoms with Gasteiger partial charge in [-0.05, 0) is 32.1 Å². The first-order chi connectivity index (χ1) is 5.72.